The van der Waals surface area contributed by atoms with Crippen LogP contribution in [0.2, 0.25) is 10.0 Å². The third-order valence-corrected chi connectivity index (χ3v) is 3.69. The van der Waals surface area contributed by atoms with E-state index in [4.69, 9.17) is 32.4 Å². The molecule has 0 fully saturated rings. The molecule has 120 valence electrons. The largest absolute Gasteiger partial charge is 0.452 e. The van der Waals surface area contributed by atoms with E-state index in [-0.39, 0.29) is 0 Å². The van der Waals surface area contributed by atoms with E-state index in [1.807, 2.05) is 0 Å². The topological polar surface area (TPSA) is 68.5 Å². The molecule has 0 aliphatic rings. The molecule has 0 saturated carbocycles. The Bertz CT molecular complexity index is 758. The van der Waals surface area contributed by atoms with Gasteiger partial charge < -0.3 is 14.5 Å². The highest BCUT2D eigenvalue weighted by molar-refractivity contribution is 9.10. The third kappa shape index (κ3) is 5.74. The first kappa shape index (κ1) is 17.6. The number of furan rings is 1. The van der Waals surface area contributed by atoms with Crippen LogP contribution in [0.15, 0.2) is 45.5 Å². The minimum absolute atomic E-state index is 0.314. The third-order valence-electron chi connectivity index (χ3n) is 2.53. The predicted molar refractivity (Wildman–Crippen MR) is 91.5 cm³/mol. The number of hydrogen-bond acceptors (Lipinski definition) is 4. The number of benzene rings is 1. The lowest BCUT2D eigenvalue weighted by atomic mass is 10.3. The molecule has 8 heteroatoms. The van der Waals surface area contributed by atoms with E-state index in [0.29, 0.717) is 26.2 Å². The van der Waals surface area contributed by atoms with Crippen LogP contribution in [0.5, 0.6) is 0 Å². The molecule has 2 aromatic rings. The van der Waals surface area contributed by atoms with Gasteiger partial charge >= 0.3 is 5.97 Å². The molecule has 0 spiro atoms. The highest BCUT2D eigenvalue weighted by Gasteiger charge is 2.07. The van der Waals surface area contributed by atoms with Crippen LogP contribution in [0, 0.1) is 0 Å². The second-order valence-electron chi connectivity index (χ2n) is 4.26. The number of halogens is 3. The van der Waals surface area contributed by atoms with Crippen molar-refractivity contribution in [1.82, 2.24) is 0 Å². The molecule has 1 heterocycles. The first-order valence-corrected chi connectivity index (χ1v) is 7.84. The van der Waals surface area contributed by atoms with Crippen LogP contribution in [0.1, 0.15) is 5.76 Å². The number of carbonyl (C=O) groups excluding carboxylic acids is 2. The van der Waals surface area contributed by atoms with Gasteiger partial charge in [0.1, 0.15) is 5.76 Å². The Morgan fingerprint density at radius 3 is 2.65 bits per heavy atom. The van der Waals surface area contributed by atoms with Gasteiger partial charge in [-0.2, -0.15) is 0 Å². The Balaban J connectivity index is 1.80. The molecule has 0 aliphatic heterocycles. The van der Waals surface area contributed by atoms with Crippen LogP contribution in [0.25, 0.3) is 6.08 Å². The smallest absolute Gasteiger partial charge is 0.331 e. The SMILES string of the molecule is O=C(COC(=O)C=Cc1ccc(Br)o1)Nc1ccc(Cl)c(Cl)c1. The fourth-order valence-corrected chi connectivity index (χ4v) is 2.14. The minimum Gasteiger partial charge on any atom is -0.452 e. The normalized spacial score (nSPS) is 10.7. The Labute approximate surface area is 150 Å². The summed E-state index contributed by atoms with van der Waals surface area (Å²) in [5.74, 6) is -0.679. The van der Waals surface area contributed by atoms with E-state index < -0.39 is 18.5 Å². The molecule has 1 aromatic heterocycles. The van der Waals surface area contributed by atoms with Crippen molar-refractivity contribution >= 4 is 62.8 Å². The summed E-state index contributed by atoms with van der Waals surface area (Å²) in [6, 6.07) is 8.00. The molecule has 0 aliphatic carbocycles. The van der Waals surface area contributed by atoms with Gasteiger partial charge in [0.05, 0.1) is 10.0 Å². The Morgan fingerprint density at radius 2 is 2.00 bits per heavy atom. The summed E-state index contributed by atoms with van der Waals surface area (Å²) >= 11 is 14.8. The van der Waals surface area contributed by atoms with Crippen LogP contribution >= 0.6 is 39.1 Å². The van der Waals surface area contributed by atoms with Crippen molar-refractivity contribution in [2.24, 2.45) is 0 Å². The standard InChI is InChI=1S/C15H10BrCl2NO4/c16-13-5-2-10(23-13)3-6-15(21)22-8-14(20)19-9-1-4-11(17)12(18)7-9/h1-7H,8H2,(H,19,20). The summed E-state index contributed by atoms with van der Waals surface area (Å²) in [5, 5.41) is 3.23. The number of nitrogens with one attached hydrogen (secondary N) is 1. The fraction of sp³-hybridized carbons (Fsp3) is 0.0667. The average Bonchev–Trinajstić information content (AvgIpc) is 2.92. The van der Waals surface area contributed by atoms with Gasteiger partial charge in [-0.05, 0) is 52.3 Å². The van der Waals surface area contributed by atoms with Gasteiger partial charge in [-0.15, -0.1) is 0 Å². The lowest BCUT2D eigenvalue weighted by molar-refractivity contribution is -0.142. The quantitative estimate of drug-likeness (QED) is 0.571. The number of ether oxygens (including phenoxy) is 1. The van der Waals surface area contributed by atoms with E-state index in [1.165, 1.54) is 12.1 Å². The van der Waals surface area contributed by atoms with Crippen LogP contribution in [0.3, 0.4) is 0 Å². The first-order valence-electron chi connectivity index (χ1n) is 6.29. The Hall–Kier alpha value is -1.76. The maximum atomic E-state index is 11.7. The number of hydrogen-bond donors (Lipinski definition) is 1. The molecule has 0 bridgehead atoms. The Morgan fingerprint density at radius 1 is 1.22 bits per heavy atom. The molecule has 1 amide bonds. The van der Waals surface area contributed by atoms with Gasteiger partial charge in [0.2, 0.25) is 0 Å². The molecular formula is C15H10BrCl2NO4. The van der Waals surface area contributed by atoms with Gasteiger partial charge in [0.25, 0.3) is 5.91 Å². The Kier molecular flexibility index (Phi) is 6.27. The number of carbonyl (C=O) groups is 2. The zero-order chi connectivity index (χ0) is 16.8. The highest BCUT2D eigenvalue weighted by Crippen LogP contribution is 2.24. The second-order valence-corrected chi connectivity index (χ2v) is 5.86. The number of esters is 1. The van der Waals surface area contributed by atoms with Crippen LogP contribution in [0.4, 0.5) is 5.69 Å². The molecule has 0 radical (unpaired) electrons. The maximum Gasteiger partial charge on any atom is 0.331 e. The molecule has 0 unspecified atom stereocenters. The van der Waals surface area contributed by atoms with Crippen molar-refractivity contribution in [3.63, 3.8) is 0 Å². The zero-order valence-corrected chi connectivity index (χ0v) is 14.6. The van der Waals surface area contributed by atoms with E-state index in [0.717, 1.165) is 6.08 Å². The summed E-state index contributed by atoms with van der Waals surface area (Å²) in [6.07, 6.45) is 2.60. The number of rotatable bonds is 5. The second kappa shape index (κ2) is 8.19. The monoisotopic (exact) mass is 417 g/mol. The van der Waals surface area contributed by atoms with Crippen molar-refractivity contribution in [2.45, 2.75) is 0 Å². The van der Waals surface area contributed by atoms with Crippen LogP contribution < -0.4 is 5.32 Å². The van der Waals surface area contributed by atoms with Crippen molar-refractivity contribution < 1.29 is 18.7 Å². The van der Waals surface area contributed by atoms with Crippen LogP contribution in [-0.4, -0.2) is 18.5 Å². The summed E-state index contributed by atoms with van der Waals surface area (Å²) in [4.78, 5) is 23.2. The lowest BCUT2D eigenvalue weighted by Crippen LogP contribution is -2.20. The minimum atomic E-state index is -0.665. The van der Waals surface area contributed by atoms with Crippen molar-refractivity contribution in [1.29, 1.82) is 0 Å². The molecule has 1 N–H and O–H groups in total. The van der Waals surface area contributed by atoms with Crippen LogP contribution in [-0.2, 0) is 14.3 Å². The number of anilines is 1. The van der Waals surface area contributed by atoms with Gasteiger partial charge in [0.15, 0.2) is 11.3 Å². The molecule has 0 atom stereocenters. The predicted octanol–water partition coefficient (Wildman–Crippen LogP) is 4.54. The van der Waals surface area contributed by atoms with Gasteiger partial charge in [0, 0.05) is 11.8 Å². The van der Waals surface area contributed by atoms with Gasteiger partial charge in [-0.3, -0.25) is 4.79 Å². The van der Waals surface area contributed by atoms with Crippen molar-refractivity contribution in [3.05, 3.63) is 56.9 Å². The lowest BCUT2D eigenvalue weighted by Gasteiger charge is -2.06. The molecule has 5 nitrogen and oxygen atoms in total. The van der Waals surface area contributed by atoms with E-state index in [9.17, 15) is 9.59 Å². The van der Waals surface area contributed by atoms with Crippen molar-refractivity contribution in [3.8, 4) is 0 Å². The molecular weight excluding hydrogens is 409 g/mol. The van der Waals surface area contributed by atoms with E-state index in [1.54, 1.807) is 24.3 Å². The summed E-state index contributed by atoms with van der Waals surface area (Å²) in [5.41, 5.74) is 0.455. The zero-order valence-electron chi connectivity index (χ0n) is 11.5. The summed E-state index contributed by atoms with van der Waals surface area (Å²) in [7, 11) is 0. The van der Waals surface area contributed by atoms with Crippen molar-refractivity contribution in [2.75, 3.05) is 11.9 Å². The fourth-order valence-electron chi connectivity index (χ4n) is 1.52. The molecule has 0 saturated heterocycles. The maximum absolute atomic E-state index is 11.7. The van der Waals surface area contributed by atoms with Gasteiger partial charge in [-0.1, -0.05) is 23.2 Å². The average molecular weight is 419 g/mol. The highest BCUT2D eigenvalue weighted by atomic mass is 79.9. The van der Waals surface area contributed by atoms with E-state index >= 15 is 0 Å². The molecule has 1 aromatic carbocycles. The first-order chi connectivity index (χ1) is 10.9. The molecule has 23 heavy (non-hydrogen) atoms. The van der Waals surface area contributed by atoms with E-state index in [2.05, 4.69) is 21.2 Å². The molecule has 2 rings (SSSR count). The summed E-state index contributed by atoms with van der Waals surface area (Å²) in [6.45, 7) is -0.425. The summed E-state index contributed by atoms with van der Waals surface area (Å²) < 4.78 is 10.5. The van der Waals surface area contributed by atoms with Gasteiger partial charge in [-0.25, -0.2) is 4.79 Å². The number of amides is 1.